The van der Waals surface area contributed by atoms with Crippen LogP contribution >= 0.6 is 0 Å². The van der Waals surface area contributed by atoms with E-state index in [4.69, 9.17) is 30.7 Å². The van der Waals surface area contributed by atoms with Gasteiger partial charge >= 0.3 is 0 Å². The minimum absolute atomic E-state index is 0.119. The van der Waals surface area contributed by atoms with E-state index in [9.17, 15) is 0 Å². The van der Waals surface area contributed by atoms with Crippen molar-refractivity contribution in [1.29, 1.82) is 0 Å². The Kier molecular flexibility index (Phi) is 9.83. The highest BCUT2D eigenvalue weighted by Gasteiger charge is 2.26. The van der Waals surface area contributed by atoms with Gasteiger partial charge in [0.2, 0.25) is 0 Å². The summed E-state index contributed by atoms with van der Waals surface area (Å²) in [4.78, 5) is 29.8. The molecule has 1 aliphatic heterocycles. The Labute approximate surface area is 355 Å². The van der Waals surface area contributed by atoms with Crippen LogP contribution < -0.4 is 5.73 Å². The average Bonchev–Trinajstić information content (AvgIpc) is 3.32. The first-order valence-corrected chi connectivity index (χ1v) is 20.5. The monoisotopic (exact) mass is 787 g/mol. The Morgan fingerprint density at radius 3 is 1.75 bits per heavy atom. The molecule has 0 aliphatic carbocycles. The zero-order valence-electron chi connectivity index (χ0n) is 33.8. The van der Waals surface area contributed by atoms with Gasteiger partial charge in [-0.3, -0.25) is 15.0 Å². The van der Waals surface area contributed by atoms with Gasteiger partial charge in [0, 0.05) is 57.2 Å². The van der Waals surface area contributed by atoms with Gasteiger partial charge in [0.15, 0.2) is 17.5 Å². The molecular weight excluding hydrogens is 747 g/mol. The summed E-state index contributed by atoms with van der Waals surface area (Å²) in [7, 11) is 0. The van der Waals surface area contributed by atoms with Crippen molar-refractivity contribution in [2.45, 2.75) is 19.9 Å². The molecule has 0 radical (unpaired) electrons. The summed E-state index contributed by atoms with van der Waals surface area (Å²) in [5.74, 6) is 1.93. The molecule has 0 amide bonds. The normalized spacial score (nSPS) is 14.8. The third-order valence-corrected chi connectivity index (χ3v) is 11.3. The number of aliphatic imine (C=N–C) groups is 1. The summed E-state index contributed by atoms with van der Waals surface area (Å²) in [5, 5.41) is 2.23. The number of dihydropyridines is 1. The fraction of sp³-hybridized carbons (Fsp3) is 0.0741. The van der Waals surface area contributed by atoms with Crippen LogP contribution in [0.4, 0.5) is 5.69 Å². The smallest absolute Gasteiger partial charge is 0.164 e. The van der Waals surface area contributed by atoms with E-state index >= 15 is 0 Å². The average molecular weight is 788 g/mol. The van der Waals surface area contributed by atoms with Gasteiger partial charge in [-0.2, -0.15) is 0 Å². The fourth-order valence-corrected chi connectivity index (χ4v) is 8.18. The summed E-state index contributed by atoms with van der Waals surface area (Å²) in [6.07, 6.45) is 8.06. The molecule has 2 unspecified atom stereocenters. The molecule has 0 saturated heterocycles. The predicted octanol–water partition coefficient (Wildman–Crippen LogP) is 12.4. The molecule has 2 N–H and O–H groups in total. The number of hydrogen-bond acceptors (Lipinski definition) is 7. The SMILES string of the molecule is Cc1cc(-c2ccccc2)c(N)c(C2N=C(c3cccc(-c4cccc(-c5nc(-c6ccccc6)nc(-c6cccc(-c7cccc8cnccc78)c6)n5)c4)c3)C=CC2C)n1. The van der Waals surface area contributed by atoms with E-state index in [1.54, 1.807) is 0 Å². The first kappa shape index (κ1) is 37.4. The number of allylic oxidation sites excluding steroid dienone is 1. The van der Waals surface area contributed by atoms with E-state index in [0.29, 0.717) is 23.2 Å². The Balaban J connectivity index is 1.01. The molecule has 9 aromatic rings. The molecular formula is C54H41N7. The summed E-state index contributed by atoms with van der Waals surface area (Å²) >= 11 is 0. The van der Waals surface area contributed by atoms with Crippen molar-refractivity contribution in [3.05, 3.63) is 205 Å². The summed E-state index contributed by atoms with van der Waals surface area (Å²) in [6.45, 7) is 4.19. The number of aryl methyl sites for hydroxylation is 1. The van der Waals surface area contributed by atoms with Crippen LogP contribution in [0, 0.1) is 12.8 Å². The van der Waals surface area contributed by atoms with Crippen molar-refractivity contribution in [3.8, 4) is 67.5 Å². The lowest BCUT2D eigenvalue weighted by molar-refractivity contribution is 0.551. The molecule has 1 aliphatic rings. The third kappa shape index (κ3) is 7.49. The molecule has 0 saturated carbocycles. The van der Waals surface area contributed by atoms with Crippen LogP contribution in [0.1, 0.15) is 29.9 Å². The van der Waals surface area contributed by atoms with E-state index < -0.39 is 0 Å². The second kappa shape index (κ2) is 16.0. The Morgan fingerprint density at radius 2 is 1.05 bits per heavy atom. The number of pyridine rings is 2. The van der Waals surface area contributed by atoms with Gasteiger partial charge in [-0.25, -0.2) is 15.0 Å². The van der Waals surface area contributed by atoms with E-state index in [0.717, 1.165) is 83.5 Å². The number of anilines is 1. The molecule has 7 nitrogen and oxygen atoms in total. The van der Waals surface area contributed by atoms with Gasteiger partial charge in [-0.05, 0) is 76.5 Å². The highest BCUT2D eigenvalue weighted by atomic mass is 15.0. The third-order valence-electron chi connectivity index (χ3n) is 11.3. The molecule has 6 aromatic carbocycles. The van der Waals surface area contributed by atoms with Crippen LogP contribution in [0.15, 0.2) is 193 Å². The summed E-state index contributed by atoms with van der Waals surface area (Å²) < 4.78 is 0. The lowest BCUT2D eigenvalue weighted by atomic mass is 9.90. The highest BCUT2D eigenvalue weighted by molar-refractivity contribution is 6.10. The summed E-state index contributed by atoms with van der Waals surface area (Å²) in [6, 6.07) is 55.8. The minimum Gasteiger partial charge on any atom is -0.397 e. The maximum atomic E-state index is 6.89. The van der Waals surface area contributed by atoms with Crippen LogP contribution in [0.2, 0.25) is 0 Å². The number of benzene rings is 6. The fourth-order valence-electron chi connectivity index (χ4n) is 8.18. The van der Waals surface area contributed by atoms with Crippen LogP contribution in [0.5, 0.6) is 0 Å². The molecule has 0 spiro atoms. The minimum atomic E-state index is -0.226. The van der Waals surface area contributed by atoms with E-state index in [1.165, 1.54) is 0 Å². The van der Waals surface area contributed by atoms with E-state index in [2.05, 4.69) is 139 Å². The number of nitrogen functional groups attached to an aromatic ring is 1. The Morgan fingerprint density at radius 1 is 0.492 bits per heavy atom. The molecule has 0 bridgehead atoms. The first-order chi connectivity index (χ1) is 29.9. The maximum Gasteiger partial charge on any atom is 0.164 e. The molecule has 3 aromatic heterocycles. The zero-order chi connectivity index (χ0) is 41.3. The molecule has 61 heavy (non-hydrogen) atoms. The number of rotatable bonds is 8. The van der Waals surface area contributed by atoms with Crippen LogP contribution in [-0.4, -0.2) is 30.6 Å². The molecule has 7 heteroatoms. The van der Waals surface area contributed by atoms with Crippen LogP contribution in [0.3, 0.4) is 0 Å². The number of fused-ring (bicyclic) bond motifs is 1. The molecule has 292 valence electrons. The van der Waals surface area contributed by atoms with Crippen molar-refractivity contribution in [2.75, 3.05) is 5.73 Å². The van der Waals surface area contributed by atoms with Crippen molar-refractivity contribution in [2.24, 2.45) is 10.9 Å². The van der Waals surface area contributed by atoms with E-state index in [1.807, 2.05) is 67.8 Å². The number of nitrogens with zero attached hydrogens (tertiary/aromatic N) is 6. The first-order valence-electron chi connectivity index (χ1n) is 20.5. The summed E-state index contributed by atoms with van der Waals surface area (Å²) in [5.41, 5.74) is 20.2. The van der Waals surface area contributed by atoms with Crippen molar-refractivity contribution < 1.29 is 0 Å². The standard InChI is InChI=1S/C54H41N7/c1-34-25-26-48(58-50(34)51-49(55)47(29-35(2)57-51)36-13-5-3-6-14-36)41-20-9-17-38(30-41)39-18-10-21-42(31-39)53-59-52(37-15-7-4-8-16-37)60-54(61-53)43-22-11-19-40(32-43)45-24-12-23-44-33-56-28-27-46(44)45/h3-34,50H,55H2,1-2H3. The largest absolute Gasteiger partial charge is 0.397 e. The lowest BCUT2D eigenvalue weighted by Crippen LogP contribution is -2.17. The number of nitrogens with two attached hydrogens (primary N) is 1. The van der Waals surface area contributed by atoms with Gasteiger partial charge in [0.1, 0.15) is 6.04 Å². The maximum absolute atomic E-state index is 6.89. The quantitative estimate of drug-likeness (QED) is 0.164. The second-order valence-corrected chi connectivity index (χ2v) is 15.5. The number of hydrogen-bond donors (Lipinski definition) is 1. The second-order valence-electron chi connectivity index (χ2n) is 15.5. The zero-order valence-corrected chi connectivity index (χ0v) is 33.8. The van der Waals surface area contributed by atoms with Crippen LogP contribution in [0.25, 0.3) is 78.3 Å². The van der Waals surface area contributed by atoms with Crippen molar-refractivity contribution in [3.63, 3.8) is 0 Å². The molecule has 0 fully saturated rings. The Hall–Kier alpha value is -7.90. The lowest BCUT2D eigenvalue weighted by Gasteiger charge is -2.25. The van der Waals surface area contributed by atoms with Crippen molar-refractivity contribution in [1.82, 2.24) is 24.9 Å². The van der Waals surface area contributed by atoms with E-state index in [-0.39, 0.29) is 12.0 Å². The molecule has 4 heterocycles. The van der Waals surface area contributed by atoms with Gasteiger partial charge < -0.3 is 5.73 Å². The topological polar surface area (TPSA) is 103 Å². The van der Waals surface area contributed by atoms with Gasteiger partial charge in [-0.1, -0.05) is 146 Å². The predicted molar refractivity (Wildman–Crippen MR) is 249 cm³/mol. The van der Waals surface area contributed by atoms with Gasteiger partial charge in [-0.15, -0.1) is 0 Å². The van der Waals surface area contributed by atoms with Crippen LogP contribution in [-0.2, 0) is 0 Å². The van der Waals surface area contributed by atoms with Gasteiger partial charge in [0.05, 0.1) is 17.1 Å². The van der Waals surface area contributed by atoms with Crippen molar-refractivity contribution >= 4 is 22.2 Å². The molecule has 10 rings (SSSR count). The highest BCUT2D eigenvalue weighted by Crippen LogP contribution is 2.39. The Bertz CT molecular complexity index is 3130. The van der Waals surface area contributed by atoms with Gasteiger partial charge in [0.25, 0.3) is 0 Å². The molecule has 2 atom stereocenters. The number of aromatic nitrogens is 5.